The summed E-state index contributed by atoms with van der Waals surface area (Å²) >= 11 is 6.30. The van der Waals surface area contributed by atoms with Gasteiger partial charge in [0, 0.05) is 38.0 Å². The van der Waals surface area contributed by atoms with Crippen LogP contribution in [-0.2, 0) is 26.7 Å². The van der Waals surface area contributed by atoms with Crippen LogP contribution in [0.4, 0.5) is 5.69 Å². The maximum absolute atomic E-state index is 12.7. The summed E-state index contributed by atoms with van der Waals surface area (Å²) in [5.41, 5.74) is 3.12. The average Bonchev–Trinajstić information content (AvgIpc) is 2.93. The molecule has 0 radical (unpaired) electrons. The number of hydrogen-bond donors (Lipinski definition) is 1. The molecule has 4 rings (SSSR count). The summed E-state index contributed by atoms with van der Waals surface area (Å²) in [5.74, 6) is 0.0641. The first-order valence-corrected chi connectivity index (χ1v) is 13.9. The number of carbonyl (C=O) groups excluding carboxylic acids is 1. The molecule has 1 amide bonds. The number of ether oxygens (including phenoxy) is 1. The van der Waals surface area contributed by atoms with Crippen LogP contribution in [0, 0.1) is 0 Å². The SMILES string of the molecule is CBBBBCN1CC2(CCCc3cc(Cl)ccc32)COc2ccc(S(=O)(=O)NC(C)=O)cc21. The highest BCUT2D eigenvalue weighted by atomic mass is 35.5. The van der Waals surface area contributed by atoms with Crippen LogP contribution in [0.15, 0.2) is 41.3 Å². The number of sulfonamides is 1. The molecule has 0 fully saturated rings. The molecule has 34 heavy (non-hydrogen) atoms. The van der Waals surface area contributed by atoms with E-state index in [1.54, 1.807) is 12.1 Å². The Morgan fingerprint density at radius 1 is 1.24 bits per heavy atom. The van der Waals surface area contributed by atoms with Crippen molar-refractivity contribution in [1.82, 2.24) is 4.72 Å². The number of hydrogen-bond acceptors (Lipinski definition) is 5. The predicted molar refractivity (Wildman–Crippen MR) is 146 cm³/mol. The summed E-state index contributed by atoms with van der Waals surface area (Å²) in [5, 5.41) is 0.748. The fourth-order valence-electron chi connectivity index (χ4n) is 5.28. The number of aryl methyl sites for hydroxylation is 1. The molecular formula is C22H29B4ClN2O4S. The van der Waals surface area contributed by atoms with Crippen molar-refractivity contribution in [2.24, 2.45) is 0 Å². The Bertz CT molecular complexity index is 1180. The molecule has 0 saturated carbocycles. The van der Waals surface area contributed by atoms with Crippen LogP contribution >= 0.6 is 11.6 Å². The van der Waals surface area contributed by atoms with E-state index < -0.39 is 15.9 Å². The third-order valence-electron chi connectivity index (χ3n) is 6.88. The van der Waals surface area contributed by atoms with Crippen molar-refractivity contribution < 1.29 is 17.9 Å². The van der Waals surface area contributed by atoms with Crippen molar-refractivity contribution in [2.75, 3.05) is 24.5 Å². The van der Waals surface area contributed by atoms with Crippen LogP contribution in [0.25, 0.3) is 0 Å². The highest BCUT2D eigenvalue weighted by Crippen LogP contribution is 2.44. The van der Waals surface area contributed by atoms with Crippen LogP contribution in [0.1, 0.15) is 30.9 Å². The van der Waals surface area contributed by atoms with E-state index in [-0.39, 0.29) is 10.3 Å². The number of anilines is 1. The number of nitrogens with zero attached hydrogens (tertiary/aromatic N) is 1. The molecule has 2 aromatic rings. The van der Waals surface area contributed by atoms with Gasteiger partial charge in [-0.2, -0.15) is 0 Å². The van der Waals surface area contributed by atoms with Gasteiger partial charge in [0.2, 0.25) is 5.91 Å². The molecule has 1 aliphatic heterocycles. The van der Waals surface area contributed by atoms with Crippen molar-refractivity contribution in [3.05, 3.63) is 52.5 Å². The Labute approximate surface area is 210 Å². The number of rotatable bonds is 7. The van der Waals surface area contributed by atoms with E-state index in [0.717, 1.165) is 64.4 Å². The van der Waals surface area contributed by atoms with Gasteiger partial charge in [0.1, 0.15) is 12.9 Å². The second-order valence-electron chi connectivity index (χ2n) is 9.50. The van der Waals surface area contributed by atoms with E-state index in [2.05, 4.69) is 28.6 Å². The van der Waals surface area contributed by atoms with Crippen LogP contribution in [0.3, 0.4) is 0 Å². The van der Waals surface area contributed by atoms with Gasteiger partial charge in [-0.3, -0.25) is 4.79 Å². The third kappa shape index (κ3) is 5.30. The molecule has 0 saturated heterocycles. The minimum absolute atomic E-state index is 0.0652. The van der Waals surface area contributed by atoms with Crippen LogP contribution < -0.4 is 14.4 Å². The molecule has 2 aromatic carbocycles. The molecule has 1 unspecified atom stereocenters. The largest absolute Gasteiger partial charge is 0.490 e. The van der Waals surface area contributed by atoms with Gasteiger partial charge < -0.3 is 9.64 Å². The zero-order valence-electron chi connectivity index (χ0n) is 19.9. The Hall–Kier alpha value is -1.99. The topological polar surface area (TPSA) is 75.7 Å². The Balaban J connectivity index is 1.74. The number of nitrogens with one attached hydrogen (secondary N) is 1. The quantitative estimate of drug-likeness (QED) is 0.460. The van der Waals surface area contributed by atoms with E-state index in [0.29, 0.717) is 12.4 Å². The molecule has 12 heteroatoms. The fraction of sp³-hybridized carbons (Fsp3) is 0.409. The lowest BCUT2D eigenvalue weighted by Crippen LogP contribution is -2.47. The number of halogens is 1. The molecule has 0 aromatic heterocycles. The minimum Gasteiger partial charge on any atom is -0.490 e. The zero-order valence-corrected chi connectivity index (χ0v) is 21.5. The van der Waals surface area contributed by atoms with Gasteiger partial charge in [-0.05, 0) is 67.2 Å². The summed E-state index contributed by atoms with van der Waals surface area (Å²) in [6, 6.07) is 11.0. The predicted octanol–water partition coefficient (Wildman–Crippen LogP) is 1.13. The molecule has 0 bridgehead atoms. The van der Waals surface area contributed by atoms with Crippen molar-refractivity contribution in [3.8, 4) is 5.75 Å². The van der Waals surface area contributed by atoms with Crippen molar-refractivity contribution in [2.45, 2.75) is 43.3 Å². The van der Waals surface area contributed by atoms with E-state index in [1.807, 2.05) is 6.07 Å². The van der Waals surface area contributed by atoms with Crippen molar-refractivity contribution >= 4 is 61.7 Å². The summed E-state index contributed by atoms with van der Waals surface area (Å²) in [4.78, 5) is 13.8. The lowest BCUT2D eigenvalue weighted by molar-refractivity contribution is -0.117. The van der Waals surface area contributed by atoms with Crippen LogP contribution in [-0.4, -0.2) is 62.4 Å². The molecule has 1 heterocycles. The highest BCUT2D eigenvalue weighted by molar-refractivity contribution is 7.90. The maximum atomic E-state index is 12.7. The van der Waals surface area contributed by atoms with Crippen LogP contribution in [0.5, 0.6) is 5.75 Å². The molecule has 1 N–H and O–H groups in total. The molecule has 6 nitrogen and oxygen atoms in total. The van der Waals surface area contributed by atoms with Gasteiger partial charge >= 0.3 is 0 Å². The number of amides is 1. The monoisotopic (exact) mass is 496 g/mol. The normalized spacial score (nSPS) is 19.2. The first-order valence-electron chi connectivity index (χ1n) is 12.1. The number of benzene rings is 2. The lowest BCUT2D eigenvalue weighted by atomic mass is 9.08. The summed E-state index contributed by atoms with van der Waals surface area (Å²) in [6.07, 6.45) is 3.86. The third-order valence-corrected chi connectivity index (χ3v) is 8.54. The zero-order chi connectivity index (χ0) is 24.3. The molecule has 2 aliphatic rings. The summed E-state index contributed by atoms with van der Waals surface area (Å²) in [6.45, 7) is 4.65. The minimum atomic E-state index is -3.94. The molecular weight excluding hydrogens is 467 g/mol. The van der Waals surface area contributed by atoms with Gasteiger partial charge in [-0.25, -0.2) is 13.1 Å². The van der Waals surface area contributed by atoms with E-state index in [9.17, 15) is 13.2 Å². The Morgan fingerprint density at radius 3 is 2.82 bits per heavy atom. The van der Waals surface area contributed by atoms with E-state index >= 15 is 0 Å². The van der Waals surface area contributed by atoms with Gasteiger partial charge in [-0.1, -0.05) is 24.5 Å². The van der Waals surface area contributed by atoms with Crippen molar-refractivity contribution in [3.63, 3.8) is 0 Å². The highest BCUT2D eigenvalue weighted by Gasteiger charge is 2.41. The second kappa shape index (κ2) is 10.3. The van der Waals surface area contributed by atoms with E-state index in [4.69, 9.17) is 16.3 Å². The number of carbonyl (C=O) groups is 1. The van der Waals surface area contributed by atoms with Crippen molar-refractivity contribution in [1.29, 1.82) is 0 Å². The summed E-state index contributed by atoms with van der Waals surface area (Å²) in [7, 11) is 0.507. The maximum Gasteiger partial charge on any atom is 0.264 e. The van der Waals surface area contributed by atoms with E-state index in [1.165, 1.54) is 31.2 Å². The standard InChI is InChI=1S/C22H29B4ClN2O4S/c1-15(30)28-34(31,32)18-6-8-21-20(11-18)29(14-24-26-25-23-2)12-22(13-33-21)9-3-4-16-10-17(27)5-7-19(16)22/h5-8,10-11,23-26H,3-4,9,12-14H2,1-2H3,(H,28,30). The number of fused-ring (bicyclic) bond motifs is 3. The molecule has 1 aliphatic carbocycles. The van der Waals surface area contributed by atoms with Crippen LogP contribution in [0.2, 0.25) is 11.8 Å². The fourth-order valence-corrected chi connectivity index (χ4v) is 6.48. The Morgan fingerprint density at radius 2 is 2.06 bits per heavy atom. The lowest BCUT2D eigenvalue weighted by Gasteiger charge is -2.41. The Kier molecular flexibility index (Phi) is 7.63. The van der Waals surface area contributed by atoms with Gasteiger partial charge in [-0.15, -0.1) is 0 Å². The van der Waals surface area contributed by atoms with Gasteiger partial charge in [0.15, 0.2) is 0 Å². The molecule has 176 valence electrons. The summed E-state index contributed by atoms with van der Waals surface area (Å²) < 4.78 is 33.9. The first kappa shape index (κ1) is 25.1. The molecule has 1 spiro atoms. The first-order chi connectivity index (χ1) is 16.2. The molecule has 1 atom stereocenters. The smallest absolute Gasteiger partial charge is 0.264 e. The van der Waals surface area contributed by atoms with Gasteiger partial charge in [0.25, 0.3) is 10.0 Å². The average molecular weight is 496 g/mol. The second-order valence-corrected chi connectivity index (χ2v) is 11.6. The van der Waals surface area contributed by atoms with Gasteiger partial charge in [0.05, 0.1) is 24.4 Å².